The van der Waals surface area contributed by atoms with Crippen molar-refractivity contribution in [3.8, 4) is 0 Å². The SMILES string of the molecule is CCCCOC(=O)CC(=O)OCC(CC)CC. The van der Waals surface area contributed by atoms with E-state index >= 15 is 0 Å². The molecule has 0 spiro atoms. The molecule has 0 saturated carbocycles. The lowest BCUT2D eigenvalue weighted by molar-refractivity contribution is -0.155. The van der Waals surface area contributed by atoms with Crippen molar-refractivity contribution in [2.24, 2.45) is 5.92 Å². The van der Waals surface area contributed by atoms with Crippen molar-refractivity contribution in [2.75, 3.05) is 13.2 Å². The summed E-state index contributed by atoms with van der Waals surface area (Å²) in [5.74, 6) is -0.596. The summed E-state index contributed by atoms with van der Waals surface area (Å²) in [6.45, 7) is 6.91. The Morgan fingerprint density at radius 3 is 2.12 bits per heavy atom. The van der Waals surface area contributed by atoms with E-state index in [0.717, 1.165) is 25.7 Å². The maximum atomic E-state index is 11.3. The molecule has 4 nitrogen and oxygen atoms in total. The molecular formula is C13H24O4. The lowest BCUT2D eigenvalue weighted by Gasteiger charge is -2.12. The number of hydrogen-bond donors (Lipinski definition) is 0. The monoisotopic (exact) mass is 244 g/mol. The molecular weight excluding hydrogens is 220 g/mol. The Morgan fingerprint density at radius 1 is 1.00 bits per heavy atom. The average molecular weight is 244 g/mol. The second-order valence-electron chi connectivity index (χ2n) is 4.12. The highest BCUT2D eigenvalue weighted by molar-refractivity contribution is 5.91. The van der Waals surface area contributed by atoms with Gasteiger partial charge in [-0.1, -0.05) is 40.0 Å². The zero-order valence-electron chi connectivity index (χ0n) is 11.2. The number of carbonyl (C=O) groups excluding carboxylic acids is 2. The third-order valence-electron chi connectivity index (χ3n) is 2.68. The Kier molecular flexibility index (Phi) is 9.49. The molecule has 0 aliphatic heterocycles. The van der Waals surface area contributed by atoms with Crippen molar-refractivity contribution in [3.63, 3.8) is 0 Å². The van der Waals surface area contributed by atoms with Gasteiger partial charge in [0, 0.05) is 0 Å². The van der Waals surface area contributed by atoms with Gasteiger partial charge >= 0.3 is 11.9 Å². The van der Waals surface area contributed by atoms with Gasteiger partial charge in [0.2, 0.25) is 0 Å². The van der Waals surface area contributed by atoms with E-state index in [-0.39, 0.29) is 6.42 Å². The molecule has 0 atom stereocenters. The molecule has 0 saturated heterocycles. The molecule has 17 heavy (non-hydrogen) atoms. The Labute approximate surface area is 104 Å². The Balaban J connectivity index is 3.67. The molecule has 0 aliphatic carbocycles. The maximum Gasteiger partial charge on any atom is 0.317 e. The largest absolute Gasteiger partial charge is 0.465 e. The van der Waals surface area contributed by atoms with Crippen molar-refractivity contribution in [1.82, 2.24) is 0 Å². The van der Waals surface area contributed by atoms with Gasteiger partial charge in [0.25, 0.3) is 0 Å². The Bertz CT molecular complexity index is 221. The van der Waals surface area contributed by atoms with Crippen LogP contribution in [0.1, 0.15) is 52.9 Å². The zero-order valence-corrected chi connectivity index (χ0v) is 11.2. The fourth-order valence-corrected chi connectivity index (χ4v) is 1.29. The van der Waals surface area contributed by atoms with Gasteiger partial charge in [-0.25, -0.2) is 0 Å². The molecule has 0 rings (SSSR count). The highest BCUT2D eigenvalue weighted by atomic mass is 16.6. The second kappa shape index (κ2) is 10.1. The lowest BCUT2D eigenvalue weighted by Crippen LogP contribution is -2.17. The van der Waals surface area contributed by atoms with E-state index in [0.29, 0.717) is 19.1 Å². The van der Waals surface area contributed by atoms with E-state index in [2.05, 4.69) is 13.8 Å². The third kappa shape index (κ3) is 8.72. The lowest BCUT2D eigenvalue weighted by atomic mass is 10.1. The zero-order chi connectivity index (χ0) is 13.1. The van der Waals surface area contributed by atoms with Gasteiger partial charge in [0.1, 0.15) is 6.42 Å². The first-order chi connectivity index (χ1) is 8.13. The number of rotatable bonds is 9. The van der Waals surface area contributed by atoms with Crippen LogP contribution in [0.2, 0.25) is 0 Å². The normalized spacial score (nSPS) is 10.4. The minimum absolute atomic E-state index is 0.274. The van der Waals surface area contributed by atoms with Gasteiger partial charge in [0.05, 0.1) is 13.2 Å². The van der Waals surface area contributed by atoms with Gasteiger partial charge in [-0.15, -0.1) is 0 Å². The van der Waals surface area contributed by atoms with Gasteiger partial charge in [-0.2, -0.15) is 0 Å². The van der Waals surface area contributed by atoms with E-state index in [1.165, 1.54) is 0 Å². The van der Waals surface area contributed by atoms with Crippen LogP contribution in [0.5, 0.6) is 0 Å². The first-order valence-corrected chi connectivity index (χ1v) is 6.45. The molecule has 0 heterocycles. The van der Waals surface area contributed by atoms with Crippen LogP contribution < -0.4 is 0 Å². The molecule has 0 unspecified atom stereocenters. The molecule has 100 valence electrons. The van der Waals surface area contributed by atoms with Gasteiger partial charge in [0.15, 0.2) is 0 Å². The highest BCUT2D eigenvalue weighted by Crippen LogP contribution is 2.08. The quantitative estimate of drug-likeness (QED) is 0.355. The number of unbranched alkanes of at least 4 members (excludes halogenated alkanes) is 1. The van der Waals surface area contributed by atoms with E-state index in [1.54, 1.807) is 0 Å². The number of ether oxygens (including phenoxy) is 2. The van der Waals surface area contributed by atoms with Crippen molar-refractivity contribution < 1.29 is 19.1 Å². The summed E-state index contributed by atoms with van der Waals surface area (Å²) < 4.78 is 9.90. The van der Waals surface area contributed by atoms with E-state index in [4.69, 9.17) is 9.47 Å². The van der Waals surface area contributed by atoms with Crippen LogP contribution in [0.3, 0.4) is 0 Å². The molecule has 4 heteroatoms. The van der Waals surface area contributed by atoms with Crippen LogP contribution in [0.4, 0.5) is 0 Å². The molecule has 0 radical (unpaired) electrons. The van der Waals surface area contributed by atoms with Crippen molar-refractivity contribution in [1.29, 1.82) is 0 Å². The number of hydrogen-bond acceptors (Lipinski definition) is 4. The van der Waals surface area contributed by atoms with Crippen molar-refractivity contribution in [2.45, 2.75) is 52.9 Å². The van der Waals surface area contributed by atoms with Crippen molar-refractivity contribution >= 4 is 11.9 Å². The minimum atomic E-state index is -0.493. The first kappa shape index (κ1) is 15.9. The Hall–Kier alpha value is -1.06. The maximum absolute atomic E-state index is 11.3. The fourth-order valence-electron chi connectivity index (χ4n) is 1.29. The van der Waals surface area contributed by atoms with Crippen LogP contribution in [0.25, 0.3) is 0 Å². The second-order valence-corrected chi connectivity index (χ2v) is 4.12. The predicted molar refractivity (Wildman–Crippen MR) is 65.5 cm³/mol. The van der Waals surface area contributed by atoms with E-state index < -0.39 is 11.9 Å². The molecule has 0 amide bonds. The molecule has 0 aliphatic rings. The van der Waals surface area contributed by atoms with Crippen LogP contribution in [0.15, 0.2) is 0 Å². The molecule has 0 aromatic carbocycles. The summed E-state index contributed by atoms with van der Waals surface area (Å²) in [6, 6.07) is 0. The number of carbonyl (C=O) groups is 2. The molecule has 0 N–H and O–H groups in total. The summed E-state index contributed by atoms with van der Waals surface area (Å²) in [5, 5.41) is 0. The van der Waals surface area contributed by atoms with Crippen LogP contribution in [0, 0.1) is 5.92 Å². The van der Waals surface area contributed by atoms with Crippen molar-refractivity contribution in [3.05, 3.63) is 0 Å². The predicted octanol–water partition coefficient (Wildman–Crippen LogP) is 2.70. The van der Waals surface area contributed by atoms with E-state index in [1.807, 2.05) is 6.92 Å². The summed E-state index contributed by atoms with van der Waals surface area (Å²) in [5.41, 5.74) is 0. The van der Waals surface area contributed by atoms with E-state index in [9.17, 15) is 9.59 Å². The topological polar surface area (TPSA) is 52.6 Å². The third-order valence-corrected chi connectivity index (χ3v) is 2.68. The van der Waals surface area contributed by atoms with Crippen LogP contribution in [-0.4, -0.2) is 25.2 Å². The average Bonchev–Trinajstić information content (AvgIpc) is 2.30. The Morgan fingerprint density at radius 2 is 1.59 bits per heavy atom. The van der Waals surface area contributed by atoms with Gasteiger partial charge in [-0.05, 0) is 12.3 Å². The molecule has 0 fully saturated rings. The molecule has 0 aromatic rings. The van der Waals surface area contributed by atoms with Gasteiger partial charge < -0.3 is 9.47 Å². The van der Waals surface area contributed by atoms with Gasteiger partial charge in [-0.3, -0.25) is 9.59 Å². The molecule has 0 bridgehead atoms. The summed E-state index contributed by atoms with van der Waals surface area (Å²) >= 11 is 0. The fraction of sp³-hybridized carbons (Fsp3) is 0.846. The summed E-state index contributed by atoms with van der Waals surface area (Å²) in [7, 11) is 0. The molecule has 0 aromatic heterocycles. The van der Waals surface area contributed by atoms with Crippen LogP contribution >= 0.6 is 0 Å². The minimum Gasteiger partial charge on any atom is -0.465 e. The van der Waals surface area contributed by atoms with Crippen LogP contribution in [-0.2, 0) is 19.1 Å². The summed E-state index contributed by atoms with van der Waals surface area (Å²) in [6.07, 6.45) is 3.47. The highest BCUT2D eigenvalue weighted by Gasteiger charge is 2.13. The smallest absolute Gasteiger partial charge is 0.317 e. The number of esters is 2. The standard InChI is InChI=1S/C13H24O4/c1-4-7-8-16-12(14)9-13(15)17-10-11(5-2)6-3/h11H,4-10H2,1-3H3. The summed E-state index contributed by atoms with van der Waals surface area (Å²) in [4.78, 5) is 22.5. The first-order valence-electron chi connectivity index (χ1n) is 6.45.